The average Bonchev–Trinajstić information content (AvgIpc) is 3.13. The van der Waals surface area contributed by atoms with Crippen LogP contribution in [0.5, 0.6) is 0 Å². The van der Waals surface area contributed by atoms with E-state index in [1.807, 2.05) is 31.3 Å². The molecule has 1 saturated heterocycles. The molecule has 31 heavy (non-hydrogen) atoms. The maximum atomic E-state index is 13.0. The van der Waals surface area contributed by atoms with Gasteiger partial charge in [0.25, 0.3) is 17.4 Å². The van der Waals surface area contributed by atoms with Crippen LogP contribution < -0.4 is 16.2 Å². The molecule has 4 rings (SSSR count). The van der Waals surface area contributed by atoms with Crippen LogP contribution in [0.2, 0.25) is 0 Å². The summed E-state index contributed by atoms with van der Waals surface area (Å²) in [6.07, 6.45) is 5.75. The summed E-state index contributed by atoms with van der Waals surface area (Å²) < 4.78 is 1.71. The van der Waals surface area contributed by atoms with E-state index >= 15 is 0 Å². The Hall–Kier alpha value is -2.93. The second-order valence-corrected chi connectivity index (χ2v) is 8.41. The first-order chi connectivity index (χ1) is 14.8. The van der Waals surface area contributed by atoms with Crippen LogP contribution in [0, 0.1) is 12.8 Å². The summed E-state index contributed by atoms with van der Waals surface area (Å²) in [6.45, 7) is 5.58. The summed E-state index contributed by atoms with van der Waals surface area (Å²) >= 11 is 0. The Morgan fingerprint density at radius 2 is 1.84 bits per heavy atom. The molecular weight excluding hydrogens is 394 g/mol. The molecule has 2 aliphatic rings. The van der Waals surface area contributed by atoms with Gasteiger partial charge in [0.1, 0.15) is 5.56 Å². The third-order valence-electron chi connectivity index (χ3n) is 5.84. The zero-order chi connectivity index (χ0) is 22.4. The van der Waals surface area contributed by atoms with Crippen LogP contribution in [0.3, 0.4) is 0 Å². The largest absolute Gasteiger partial charge is 0.481 e. The summed E-state index contributed by atoms with van der Waals surface area (Å²) in [5, 5.41) is 13.9. The van der Waals surface area contributed by atoms with Crippen molar-refractivity contribution >= 4 is 11.9 Å². The summed E-state index contributed by atoms with van der Waals surface area (Å²) in [5.41, 5.74) is 3.43. The maximum absolute atomic E-state index is 13.0. The zero-order valence-electron chi connectivity index (χ0n) is 18.2. The van der Waals surface area contributed by atoms with E-state index in [-0.39, 0.29) is 23.1 Å². The van der Waals surface area contributed by atoms with Gasteiger partial charge < -0.3 is 20.3 Å². The molecule has 1 fully saturated rings. The quantitative estimate of drug-likeness (QED) is 0.697. The number of carbonyl (C=O) groups excluding carboxylic acids is 1. The molecule has 7 heteroatoms. The average molecular weight is 426 g/mol. The number of benzene rings is 1. The van der Waals surface area contributed by atoms with E-state index in [1.54, 1.807) is 4.57 Å². The fourth-order valence-corrected chi connectivity index (χ4v) is 4.36. The van der Waals surface area contributed by atoms with Gasteiger partial charge in [-0.05, 0) is 74.4 Å². The van der Waals surface area contributed by atoms with Gasteiger partial charge in [-0.3, -0.25) is 14.4 Å². The van der Waals surface area contributed by atoms with Crippen LogP contribution in [-0.4, -0.2) is 40.7 Å². The number of carboxylic acids is 1. The third kappa shape index (κ3) is 6.04. The highest BCUT2D eigenvalue weighted by Gasteiger charge is 2.25. The number of piperidine rings is 1. The van der Waals surface area contributed by atoms with Crippen molar-refractivity contribution in [2.75, 3.05) is 13.1 Å². The lowest BCUT2D eigenvalue weighted by Crippen LogP contribution is -2.41. The van der Waals surface area contributed by atoms with Crippen LogP contribution in [0.4, 0.5) is 0 Å². The molecule has 0 bridgehead atoms. The van der Waals surface area contributed by atoms with Gasteiger partial charge in [0.15, 0.2) is 0 Å². The number of carboxylic acid groups (broad SMARTS) is 1. The number of pyridine rings is 1. The first kappa shape index (κ1) is 22.7. The molecule has 3 N–H and O–H groups in total. The van der Waals surface area contributed by atoms with Crippen molar-refractivity contribution in [3.8, 4) is 0 Å². The van der Waals surface area contributed by atoms with Gasteiger partial charge in [-0.1, -0.05) is 24.3 Å². The molecule has 1 amide bonds. The van der Waals surface area contributed by atoms with Gasteiger partial charge in [0, 0.05) is 25.7 Å². The minimum Gasteiger partial charge on any atom is -0.481 e. The van der Waals surface area contributed by atoms with Crippen molar-refractivity contribution in [3.05, 3.63) is 69.1 Å². The third-order valence-corrected chi connectivity index (χ3v) is 5.84. The SMILES string of the molecule is CC(=O)O.Cc1ccn(CC2CCCNC2)c(=O)c1C(=O)NC1Cc2ccccc2C1. The summed E-state index contributed by atoms with van der Waals surface area (Å²) in [4.78, 5) is 34.9. The lowest BCUT2D eigenvalue weighted by atomic mass is 9.99. The van der Waals surface area contributed by atoms with Crippen molar-refractivity contribution in [1.29, 1.82) is 0 Å². The number of hydrogen-bond acceptors (Lipinski definition) is 4. The molecule has 1 aliphatic carbocycles. The lowest BCUT2D eigenvalue weighted by molar-refractivity contribution is -0.134. The Bertz CT molecular complexity index is 964. The number of aromatic nitrogens is 1. The Kier molecular flexibility index (Phi) is 7.63. The zero-order valence-corrected chi connectivity index (χ0v) is 18.2. The van der Waals surface area contributed by atoms with Crippen molar-refractivity contribution in [2.45, 2.75) is 52.1 Å². The Morgan fingerprint density at radius 3 is 2.42 bits per heavy atom. The van der Waals surface area contributed by atoms with Gasteiger partial charge in [-0.2, -0.15) is 0 Å². The minimum absolute atomic E-state index is 0.0601. The lowest BCUT2D eigenvalue weighted by Gasteiger charge is -2.24. The highest BCUT2D eigenvalue weighted by atomic mass is 16.4. The number of fused-ring (bicyclic) bond motifs is 1. The minimum atomic E-state index is -0.833. The number of amides is 1. The van der Waals surface area contributed by atoms with Gasteiger partial charge in [-0.25, -0.2) is 0 Å². The van der Waals surface area contributed by atoms with Crippen LogP contribution in [0.15, 0.2) is 41.3 Å². The molecule has 2 heterocycles. The molecule has 0 radical (unpaired) electrons. The number of nitrogens with one attached hydrogen (secondary N) is 2. The Morgan fingerprint density at radius 1 is 1.19 bits per heavy atom. The topological polar surface area (TPSA) is 100 Å². The molecule has 0 spiro atoms. The first-order valence-corrected chi connectivity index (χ1v) is 10.8. The normalized spacial score (nSPS) is 17.9. The molecule has 1 atom stereocenters. The van der Waals surface area contributed by atoms with Crippen LogP contribution in [-0.2, 0) is 24.2 Å². The molecule has 2 aromatic rings. The predicted molar refractivity (Wildman–Crippen MR) is 119 cm³/mol. The van der Waals surface area contributed by atoms with Gasteiger partial charge in [-0.15, -0.1) is 0 Å². The van der Waals surface area contributed by atoms with E-state index in [0.717, 1.165) is 51.3 Å². The number of carbonyl (C=O) groups is 2. The summed E-state index contributed by atoms with van der Waals surface area (Å²) in [5.74, 6) is -0.633. The van der Waals surface area contributed by atoms with Crippen LogP contribution in [0.1, 0.15) is 46.8 Å². The summed E-state index contributed by atoms with van der Waals surface area (Å²) in [6, 6.07) is 10.2. The Balaban J connectivity index is 0.000000628. The number of rotatable bonds is 4. The van der Waals surface area contributed by atoms with E-state index in [2.05, 4.69) is 22.8 Å². The summed E-state index contributed by atoms with van der Waals surface area (Å²) in [7, 11) is 0. The van der Waals surface area contributed by atoms with Crippen molar-refractivity contribution < 1.29 is 14.7 Å². The molecule has 1 aromatic carbocycles. The number of aryl methyl sites for hydroxylation is 1. The van der Waals surface area contributed by atoms with Gasteiger partial charge in [0.05, 0.1) is 0 Å². The molecule has 1 aliphatic heterocycles. The molecule has 166 valence electrons. The second kappa shape index (κ2) is 10.4. The molecule has 0 saturated carbocycles. The molecule has 1 aromatic heterocycles. The van der Waals surface area contributed by atoms with Gasteiger partial charge in [0.2, 0.25) is 0 Å². The van der Waals surface area contributed by atoms with E-state index in [0.29, 0.717) is 12.5 Å². The number of aliphatic carboxylic acids is 1. The Labute approximate surface area is 182 Å². The van der Waals surface area contributed by atoms with Crippen molar-refractivity contribution in [3.63, 3.8) is 0 Å². The highest BCUT2D eigenvalue weighted by Crippen LogP contribution is 2.22. The van der Waals surface area contributed by atoms with E-state index in [4.69, 9.17) is 9.90 Å². The first-order valence-electron chi connectivity index (χ1n) is 10.8. The predicted octanol–water partition coefficient (Wildman–Crippen LogP) is 2.14. The van der Waals surface area contributed by atoms with E-state index in [1.165, 1.54) is 11.1 Å². The van der Waals surface area contributed by atoms with Gasteiger partial charge >= 0.3 is 0 Å². The fraction of sp³-hybridized carbons (Fsp3) is 0.458. The standard InChI is InChI=1S/C22H27N3O2.C2H4O2/c1-15-8-10-25(14-16-5-4-9-23-13-16)22(27)20(15)21(26)24-19-11-17-6-2-3-7-18(17)12-19;1-2(3)4/h2-3,6-8,10,16,19,23H,4-5,9,11-14H2,1H3,(H,24,26);1H3,(H,3,4). The fourth-order valence-electron chi connectivity index (χ4n) is 4.36. The molecule has 1 unspecified atom stereocenters. The van der Waals surface area contributed by atoms with Crippen LogP contribution >= 0.6 is 0 Å². The molecular formula is C24H31N3O4. The monoisotopic (exact) mass is 425 g/mol. The number of hydrogen-bond donors (Lipinski definition) is 3. The smallest absolute Gasteiger partial charge is 0.300 e. The second-order valence-electron chi connectivity index (χ2n) is 8.41. The highest BCUT2D eigenvalue weighted by molar-refractivity contribution is 5.95. The van der Waals surface area contributed by atoms with Crippen LogP contribution in [0.25, 0.3) is 0 Å². The number of nitrogens with zero attached hydrogens (tertiary/aromatic N) is 1. The van der Waals surface area contributed by atoms with Crippen molar-refractivity contribution in [1.82, 2.24) is 15.2 Å². The maximum Gasteiger partial charge on any atom is 0.300 e. The van der Waals surface area contributed by atoms with Crippen molar-refractivity contribution in [2.24, 2.45) is 5.92 Å². The van der Waals surface area contributed by atoms with E-state index in [9.17, 15) is 9.59 Å². The van der Waals surface area contributed by atoms with E-state index < -0.39 is 5.97 Å². The molecule has 7 nitrogen and oxygen atoms in total.